The summed E-state index contributed by atoms with van der Waals surface area (Å²) in [6, 6.07) is 19.7. The van der Waals surface area contributed by atoms with Crippen LogP contribution in [0.4, 0.5) is 5.69 Å². The first kappa shape index (κ1) is 27.7. The van der Waals surface area contributed by atoms with Crippen molar-refractivity contribution in [1.29, 1.82) is 0 Å². The molecule has 0 unspecified atom stereocenters. The molecule has 0 aromatic heterocycles. The average Bonchev–Trinajstić information content (AvgIpc) is 2.90. The molecule has 8 nitrogen and oxygen atoms in total. The molecule has 196 valence electrons. The first-order chi connectivity index (χ1) is 17.9. The molecule has 9 heteroatoms. The Morgan fingerprint density at radius 3 is 2.14 bits per heavy atom. The molecule has 1 amide bonds. The van der Waals surface area contributed by atoms with Gasteiger partial charge in [-0.1, -0.05) is 26.2 Å². The largest absolute Gasteiger partial charge is 0.494 e. The van der Waals surface area contributed by atoms with Crippen molar-refractivity contribution in [2.24, 2.45) is 5.10 Å². The monoisotopic (exact) mass is 523 g/mol. The molecule has 0 fully saturated rings. The maximum Gasteiger partial charge on any atom is 0.271 e. The number of nitrogens with zero attached hydrogens (tertiary/aromatic N) is 1. The van der Waals surface area contributed by atoms with E-state index in [1.54, 1.807) is 18.3 Å². The van der Waals surface area contributed by atoms with Crippen LogP contribution in [0.15, 0.2) is 82.8 Å². The zero-order valence-corrected chi connectivity index (χ0v) is 22.0. The lowest BCUT2D eigenvalue weighted by molar-refractivity contribution is 0.0955. The third kappa shape index (κ3) is 8.95. The molecule has 0 saturated heterocycles. The van der Waals surface area contributed by atoms with Crippen molar-refractivity contribution in [3.63, 3.8) is 0 Å². The van der Waals surface area contributed by atoms with Gasteiger partial charge < -0.3 is 9.47 Å². The molecule has 2 N–H and O–H groups in total. The molecule has 3 aromatic carbocycles. The maximum absolute atomic E-state index is 12.6. The molecular formula is C28H33N3O5S. The van der Waals surface area contributed by atoms with Gasteiger partial charge in [0.15, 0.2) is 0 Å². The lowest BCUT2D eigenvalue weighted by atomic mass is 10.2. The van der Waals surface area contributed by atoms with E-state index in [4.69, 9.17) is 9.47 Å². The maximum atomic E-state index is 12.6. The summed E-state index contributed by atoms with van der Waals surface area (Å²) in [5.41, 5.74) is 3.97. The number of ether oxygens (including phenoxy) is 2. The van der Waals surface area contributed by atoms with Crippen molar-refractivity contribution in [3.05, 3.63) is 83.9 Å². The minimum Gasteiger partial charge on any atom is -0.494 e. The molecule has 0 spiro atoms. The highest BCUT2D eigenvalue weighted by Gasteiger charge is 2.14. The Bertz CT molecular complexity index is 1260. The fourth-order valence-electron chi connectivity index (χ4n) is 3.38. The highest BCUT2D eigenvalue weighted by Crippen LogP contribution is 2.20. The van der Waals surface area contributed by atoms with Gasteiger partial charge in [0.05, 0.1) is 24.3 Å². The van der Waals surface area contributed by atoms with Crippen LogP contribution in [0.1, 0.15) is 55.5 Å². The number of anilines is 1. The number of benzene rings is 3. The SMILES string of the molecule is CCCCCCOc1ccc(/C=N/NC(=O)c2ccc(NS(=O)(=O)c3ccc(OCC)cc3)cc2)cc1. The molecule has 0 aliphatic heterocycles. The van der Waals surface area contributed by atoms with Crippen LogP contribution in [0, 0.1) is 0 Å². The van der Waals surface area contributed by atoms with Gasteiger partial charge in [0, 0.05) is 11.3 Å². The van der Waals surface area contributed by atoms with Gasteiger partial charge in [-0.05, 0) is 91.7 Å². The first-order valence-electron chi connectivity index (χ1n) is 12.3. The summed E-state index contributed by atoms with van der Waals surface area (Å²) in [6.07, 6.45) is 6.17. The summed E-state index contributed by atoms with van der Waals surface area (Å²) in [6.45, 7) is 5.23. The molecule has 0 aliphatic carbocycles. The Morgan fingerprint density at radius 1 is 0.838 bits per heavy atom. The van der Waals surface area contributed by atoms with Crippen LogP contribution >= 0.6 is 0 Å². The highest BCUT2D eigenvalue weighted by atomic mass is 32.2. The van der Waals surface area contributed by atoms with Crippen LogP contribution in [0.5, 0.6) is 11.5 Å². The van der Waals surface area contributed by atoms with Crippen LogP contribution in [0.2, 0.25) is 0 Å². The number of hydrazone groups is 1. The Labute approximate surface area is 218 Å². The molecule has 0 heterocycles. The van der Waals surface area contributed by atoms with E-state index in [1.165, 1.54) is 55.7 Å². The van der Waals surface area contributed by atoms with Crippen molar-refractivity contribution in [3.8, 4) is 11.5 Å². The average molecular weight is 524 g/mol. The van der Waals surface area contributed by atoms with Crippen LogP contribution in [0.3, 0.4) is 0 Å². The fourth-order valence-corrected chi connectivity index (χ4v) is 4.44. The number of hydrogen-bond donors (Lipinski definition) is 2. The normalized spacial score (nSPS) is 11.3. The van der Waals surface area contributed by atoms with Gasteiger partial charge in [0.25, 0.3) is 15.9 Å². The predicted octanol–water partition coefficient (Wildman–Crippen LogP) is 5.61. The van der Waals surface area contributed by atoms with Crippen molar-refractivity contribution < 1.29 is 22.7 Å². The van der Waals surface area contributed by atoms with Gasteiger partial charge in [-0.3, -0.25) is 9.52 Å². The molecule has 3 rings (SSSR count). The second kappa shape index (κ2) is 14.0. The molecule has 0 radical (unpaired) electrons. The number of nitrogens with one attached hydrogen (secondary N) is 2. The quantitative estimate of drug-likeness (QED) is 0.162. The van der Waals surface area contributed by atoms with Gasteiger partial charge in [-0.25, -0.2) is 13.8 Å². The zero-order chi connectivity index (χ0) is 26.5. The standard InChI is InChI=1S/C28H33N3O5S/c1-3-5-6-7-20-36-26-14-8-22(9-15-26)21-29-30-28(32)23-10-12-24(13-11-23)31-37(33,34)27-18-16-25(17-19-27)35-4-2/h8-19,21,31H,3-7,20H2,1-2H3,(H,30,32)/b29-21+. The third-order valence-corrected chi connectivity index (χ3v) is 6.77. The Kier molecular flexibility index (Phi) is 10.5. The first-order valence-corrected chi connectivity index (χ1v) is 13.8. The van der Waals surface area contributed by atoms with E-state index in [9.17, 15) is 13.2 Å². The van der Waals surface area contributed by atoms with Crippen molar-refractivity contribution >= 4 is 27.8 Å². The molecule has 0 aliphatic rings. The minimum atomic E-state index is -3.77. The lowest BCUT2D eigenvalue weighted by Gasteiger charge is -2.09. The number of sulfonamides is 1. The van der Waals surface area contributed by atoms with Crippen LogP contribution in [0.25, 0.3) is 0 Å². The topological polar surface area (TPSA) is 106 Å². The zero-order valence-electron chi connectivity index (χ0n) is 21.1. The summed E-state index contributed by atoms with van der Waals surface area (Å²) in [5.74, 6) is 0.985. The van der Waals surface area contributed by atoms with E-state index in [0.717, 1.165) is 17.7 Å². The summed E-state index contributed by atoms with van der Waals surface area (Å²) >= 11 is 0. The van der Waals surface area contributed by atoms with Gasteiger partial charge >= 0.3 is 0 Å². The fraction of sp³-hybridized carbons (Fsp3) is 0.286. The van der Waals surface area contributed by atoms with E-state index in [2.05, 4.69) is 22.2 Å². The van der Waals surface area contributed by atoms with E-state index in [0.29, 0.717) is 30.2 Å². The van der Waals surface area contributed by atoms with Crippen LogP contribution in [-0.2, 0) is 10.0 Å². The van der Waals surface area contributed by atoms with E-state index >= 15 is 0 Å². The van der Waals surface area contributed by atoms with Crippen molar-refractivity contribution in [2.45, 2.75) is 44.4 Å². The predicted molar refractivity (Wildman–Crippen MR) is 146 cm³/mol. The van der Waals surface area contributed by atoms with E-state index < -0.39 is 15.9 Å². The summed E-state index contributed by atoms with van der Waals surface area (Å²) in [4.78, 5) is 12.5. The summed E-state index contributed by atoms with van der Waals surface area (Å²) in [7, 11) is -3.77. The minimum absolute atomic E-state index is 0.110. The molecule has 0 atom stereocenters. The second-order valence-electron chi connectivity index (χ2n) is 8.26. The number of unbranched alkanes of at least 4 members (excludes halogenated alkanes) is 3. The summed E-state index contributed by atoms with van der Waals surface area (Å²) < 4.78 is 38.8. The smallest absolute Gasteiger partial charge is 0.271 e. The van der Waals surface area contributed by atoms with Gasteiger partial charge in [0.1, 0.15) is 11.5 Å². The molecular weight excluding hydrogens is 490 g/mol. The lowest BCUT2D eigenvalue weighted by Crippen LogP contribution is -2.18. The van der Waals surface area contributed by atoms with E-state index in [-0.39, 0.29) is 4.90 Å². The highest BCUT2D eigenvalue weighted by molar-refractivity contribution is 7.92. The second-order valence-corrected chi connectivity index (χ2v) is 9.95. The molecule has 3 aromatic rings. The number of carbonyl (C=O) groups is 1. The number of rotatable bonds is 14. The number of carbonyl (C=O) groups excluding carboxylic acids is 1. The summed E-state index contributed by atoms with van der Waals surface area (Å²) in [5, 5.41) is 4.00. The number of hydrogen-bond acceptors (Lipinski definition) is 6. The van der Waals surface area contributed by atoms with Crippen molar-refractivity contribution in [1.82, 2.24) is 5.43 Å². The Morgan fingerprint density at radius 2 is 1.49 bits per heavy atom. The van der Waals surface area contributed by atoms with Crippen LogP contribution in [-0.4, -0.2) is 33.8 Å². The third-order valence-electron chi connectivity index (χ3n) is 5.37. The van der Waals surface area contributed by atoms with Gasteiger partial charge in [-0.15, -0.1) is 0 Å². The van der Waals surface area contributed by atoms with E-state index in [1.807, 2.05) is 31.2 Å². The van der Waals surface area contributed by atoms with Gasteiger partial charge in [-0.2, -0.15) is 5.10 Å². The van der Waals surface area contributed by atoms with Crippen molar-refractivity contribution in [2.75, 3.05) is 17.9 Å². The Hall–Kier alpha value is -3.85. The van der Waals surface area contributed by atoms with Crippen LogP contribution < -0.4 is 19.6 Å². The Balaban J connectivity index is 1.49. The molecule has 37 heavy (non-hydrogen) atoms. The number of amides is 1. The molecule has 0 bridgehead atoms. The van der Waals surface area contributed by atoms with Gasteiger partial charge in [0.2, 0.25) is 0 Å². The molecule has 0 saturated carbocycles.